The van der Waals surface area contributed by atoms with Gasteiger partial charge in [-0.05, 0) is 60.2 Å². The number of benzene rings is 1. The predicted octanol–water partition coefficient (Wildman–Crippen LogP) is 1.85. The molecule has 1 fully saturated rings. The van der Waals surface area contributed by atoms with E-state index < -0.39 is 5.91 Å². The number of rotatable bonds is 8. The molecule has 1 saturated heterocycles. The number of amides is 1. The van der Waals surface area contributed by atoms with E-state index in [0.29, 0.717) is 18.2 Å². The fourth-order valence-corrected chi connectivity index (χ4v) is 4.31. The molecule has 0 bridgehead atoms. The van der Waals surface area contributed by atoms with Crippen molar-refractivity contribution in [3.63, 3.8) is 0 Å². The third-order valence-corrected chi connectivity index (χ3v) is 6.19. The van der Waals surface area contributed by atoms with Crippen LogP contribution in [-0.2, 0) is 13.0 Å². The van der Waals surface area contributed by atoms with Crippen LogP contribution in [0, 0.1) is 5.92 Å². The zero-order chi connectivity index (χ0) is 24.7. The number of piperidine rings is 1. The lowest BCUT2D eigenvalue weighted by Gasteiger charge is -2.32. The second kappa shape index (κ2) is 10.9. The first kappa shape index (κ1) is 23.3. The summed E-state index contributed by atoms with van der Waals surface area (Å²) in [5.41, 5.74) is 11.2. The van der Waals surface area contributed by atoms with Gasteiger partial charge in [-0.15, -0.1) is 5.10 Å². The Morgan fingerprint density at radius 1 is 1.17 bits per heavy atom. The summed E-state index contributed by atoms with van der Waals surface area (Å²) in [6.45, 7) is 2.21. The van der Waals surface area contributed by atoms with Crippen LogP contribution in [0.4, 0.5) is 5.82 Å². The normalized spacial score (nSPS) is 14.9. The SMILES string of the molecule is Nc1nonc1-n1nnc(C(=O)N/N=C/c2cccnc2)c1CN1CCC(Cc2ccccc2)CC1. The lowest BCUT2D eigenvalue weighted by Crippen LogP contribution is -2.35. The number of aromatic nitrogens is 6. The lowest BCUT2D eigenvalue weighted by atomic mass is 9.90. The van der Waals surface area contributed by atoms with E-state index in [2.05, 4.69) is 65.3 Å². The van der Waals surface area contributed by atoms with Crippen molar-refractivity contribution in [2.75, 3.05) is 18.8 Å². The van der Waals surface area contributed by atoms with Crippen molar-refractivity contribution in [3.05, 3.63) is 77.4 Å². The largest absolute Gasteiger partial charge is 0.378 e. The summed E-state index contributed by atoms with van der Waals surface area (Å²) in [4.78, 5) is 19.2. The van der Waals surface area contributed by atoms with Crippen LogP contribution in [0.1, 0.15) is 40.2 Å². The van der Waals surface area contributed by atoms with Crippen molar-refractivity contribution < 1.29 is 9.42 Å². The van der Waals surface area contributed by atoms with Gasteiger partial charge in [0.15, 0.2) is 5.69 Å². The third kappa shape index (κ3) is 5.44. The summed E-state index contributed by atoms with van der Waals surface area (Å²) in [6, 6.07) is 14.2. The molecule has 36 heavy (non-hydrogen) atoms. The average Bonchev–Trinajstić information content (AvgIpc) is 3.52. The number of hydrazone groups is 1. The fourth-order valence-electron chi connectivity index (χ4n) is 4.31. The topological polar surface area (TPSA) is 153 Å². The molecule has 0 spiro atoms. The molecule has 1 amide bonds. The van der Waals surface area contributed by atoms with E-state index in [-0.39, 0.29) is 17.3 Å². The van der Waals surface area contributed by atoms with Crippen LogP contribution < -0.4 is 11.2 Å². The van der Waals surface area contributed by atoms with E-state index in [1.807, 2.05) is 12.1 Å². The van der Waals surface area contributed by atoms with Crippen LogP contribution in [-0.4, -0.2) is 60.4 Å². The van der Waals surface area contributed by atoms with Crippen molar-refractivity contribution in [2.24, 2.45) is 11.0 Å². The van der Waals surface area contributed by atoms with E-state index >= 15 is 0 Å². The zero-order valence-corrected chi connectivity index (χ0v) is 19.6. The molecule has 1 aromatic carbocycles. The highest BCUT2D eigenvalue weighted by Crippen LogP contribution is 2.24. The van der Waals surface area contributed by atoms with Crippen molar-refractivity contribution in [1.82, 2.24) is 40.6 Å². The van der Waals surface area contributed by atoms with Crippen molar-refractivity contribution in [3.8, 4) is 5.82 Å². The molecular formula is C24H26N10O2. The Morgan fingerprint density at radius 2 is 2.00 bits per heavy atom. The number of nitrogens with one attached hydrogen (secondary N) is 1. The fraction of sp³-hybridized carbons (Fsp3) is 0.292. The smallest absolute Gasteiger partial charge is 0.293 e. The summed E-state index contributed by atoms with van der Waals surface area (Å²) >= 11 is 0. The number of hydrogen-bond donors (Lipinski definition) is 2. The minimum absolute atomic E-state index is 0.0595. The number of hydrogen-bond acceptors (Lipinski definition) is 10. The zero-order valence-electron chi connectivity index (χ0n) is 19.6. The van der Waals surface area contributed by atoms with E-state index in [1.54, 1.807) is 18.5 Å². The van der Waals surface area contributed by atoms with Gasteiger partial charge in [0.25, 0.3) is 5.91 Å². The van der Waals surface area contributed by atoms with Gasteiger partial charge in [0, 0.05) is 24.5 Å². The first-order chi connectivity index (χ1) is 17.7. The number of nitrogen functional groups attached to an aromatic ring is 1. The predicted molar refractivity (Wildman–Crippen MR) is 131 cm³/mol. The van der Waals surface area contributed by atoms with Gasteiger partial charge in [-0.25, -0.2) is 10.1 Å². The molecule has 12 nitrogen and oxygen atoms in total. The number of nitrogens with two attached hydrogens (primary N) is 1. The van der Waals surface area contributed by atoms with Gasteiger partial charge in [0.05, 0.1) is 11.9 Å². The van der Waals surface area contributed by atoms with Crippen LogP contribution >= 0.6 is 0 Å². The van der Waals surface area contributed by atoms with Crippen molar-refractivity contribution in [1.29, 1.82) is 0 Å². The summed E-state index contributed by atoms with van der Waals surface area (Å²) in [5.74, 6) is 0.371. The Kier molecular flexibility index (Phi) is 7.03. The molecule has 0 unspecified atom stereocenters. The number of anilines is 1. The maximum atomic E-state index is 13.0. The molecule has 12 heteroatoms. The summed E-state index contributed by atoms with van der Waals surface area (Å²) in [7, 11) is 0. The molecule has 0 aliphatic carbocycles. The molecule has 5 rings (SSSR count). The van der Waals surface area contributed by atoms with Crippen molar-refractivity contribution >= 4 is 17.9 Å². The monoisotopic (exact) mass is 486 g/mol. The summed E-state index contributed by atoms with van der Waals surface area (Å²) in [5, 5.41) is 19.7. The highest BCUT2D eigenvalue weighted by Gasteiger charge is 2.27. The third-order valence-electron chi connectivity index (χ3n) is 6.19. The Bertz CT molecular complexity index is 1310. The molecule has 3 aromatic heterocycles. The molecular weight excluding hydrogens is 460 g/mol. The second-order valence-corrected chi connectivity index (χ2v) is 8.66. The Labute approximate surface area is 207 Å². The molecule has 0 saturated carbocycles. The number of pyridine rings is 1. The Balaban J connectivity index is 1.29. The van der Waals surface area contributed by atoms with Gasteiger partial charge in [0.2, 0.25) is 11.6 Å². The van der Waals surface area contributed by atoms with Gasteiger partial charge in [-0.3, -0.25) is 14.7 Å². The number of likely N-dealkylation sites (tertiary alicyclic amines) is 1. The molecule has 4 aromatic rings. The number of nitrogens with zero attached hydrogens (tertiary/aromatic N) is 8. The van der Waals surface area contributed by atoms with E-state index in [1.165, 1.54) is 16.5 Å². The van der Waals surface area contributed by atoms with E-state index in [4.69, 9.17) is 10.4 Å². The highest BCUT2D eigenvalue weighted by molar-refractivity contribution is 5.94. The van der Waals surface area contributed by atoms with Crippen LogP contribution in [0.2, 0.25) is 0 Å². The molecule has 3 N–H and O–H groups in total. The highest BCUT2D eigenvalue weighted by atomic mass is 16.6. The lowest BCUT2D eigenvalue weighted by molar-refractivity contribution is 0.0946. The van der Waals surface area contributed by atoms with Gasteiger partial charge >= 0.3 is 0 Å². The second-order valence-electron chi connectivity index (χ2n) is 8.66. The van der Waals surface area contributed by atoms with Gasteiger partial charge in [0.1, 0.15) is 0 Å². The number of carbonyl (C=O) groups excluding carboxylic acids is 1. The minimum atomic E-state index is -0.495. The van der Waals surface area contributed by atoms with E-state index in [9.17, 15) is 4.79 Å². The molecule has 1 aliphatic heterocycles. The molecule has 184 valence electrons. The van der Waals surface area contributed by atoms with E-state index in [0.717, 1.165) is 37.9 Å². The maximum Gasteiger partial charge on any atom is 0.293 e. The summed E-state index contributed by atoms with van der Waals surface area (Å²) < 4.78 is 6.15. The van der Waals surface area contributed by atoms with Crippen LogP contribution in [0.3, 0.4) is 0 Å². The molecule has 0 atom stereocenters. The van der Waals surface area contributed by atoms with Crippen molar-refractivity contribution in [2.45, 2.75) is 25.8 Å². The van der Waals surface area contributed by atoms with Crippen LogP contribution in [0.25, 0.3) is 5.82 Å². The van der Waals surface area contributed by atoms with Crippen LogP contribution in [0.5, 0.6) is 0 Å². The average molecular weight is 487 g/mol. The summed E-state index contributed by atoms with van der Waals surface area (Å²) in [6.07, 6.45) is 7.99. The molecule has 1 aliphatic rings. The van der Waals surface area contributed by atoms with Gasteiger partial charge < -0.3 is 5.73 Å². The number of carbonyl (C=O) groups is 1. The maximum absolute atomic E-state index is 13.0. The molecule has 4 heterocycles. The van der Waals surface area contributed by atoms with Crippen LogP contribution in [0.15, 0.2) is 64.6 Å². The minimum Gasteiger partial charge on any atom is -0.378 e. The molecule has 0 radical (unpaired) electrons. The quantitative estimate of drug-likeness (QED) is 0.280. The van der Waals surface area contributed by atoms with Gasteiger partial charge in [-0.1, -0.05) is 41.6 Å². The van der Waals surface area contributed by atoms with Gasteiger partial charge in [-0.2, -0.15) is 9.78 Å². The first-order valence-electron chi connectivity index (χ1n) is 11.7. The Morgan fingerprint density at radius 3 is 2.72 bits per heavy atom. The Hall–Kier alpha value is -4.45. The standard InChI is InChI=1S/C24H26N10O2/c25-22-23(31-36-30-22)34-20(16-33-11-8-18(9-12-33)13-17-5-2-1-3-6-17)21(28-32-34)24(35)29-27-15-19-7-4-10-26-14-19/h1-7,10,14-15,18H,8-9,11-13,16H2,(H2,25,30)(H,29,35)/b27-15+. The first-order valence-corrected chi connectivity index (χ1v) is 11.7.